The first kappa shape index (κ1) is 12.3. The molecule has 1 aromatic heterocycles. The van der Waals surface area contributed by atoms with E-state index in [0.717, 1.165) is 6.42 Å². The van der Waals surface area contributed by atoms with E-state index in [-0.39, 0.29) is 5.92 Å². The van der Waals surface area contributed by atoms with Gasteiger partial charge in [0.1, 0.15) is 0 Å². The summed E-state index contributed by atoms with van der Waals surface area (Å²) in [5.41, 5.74) is 1.22. The average Bonchev–Trinajstić information content (AvgIpc) is 2.77. The Balaban J connectivity index is 2.39. The number of hydrogen-bond acceptors (Lipinski definition) is 3. The van der Waals surface area contributed by atoms with Crippen molar-refractivity contribution in [2.45, 2.75) is 26.2 Å². The fourth-order valence-electron chi connectivity index (χ4n) is 1.95. The lowest BCUT2D eigenvalue weighted by molar-refractivity contribution is 0.329. The van der Waals surface area contributed by atoms with Gasteiger partial charge in [0.25, 0.3) is 0 Å². The zero-order valence-corrected chi connectivity index (χ0v) is 11.5. The van der Waals surface area contributed by atoms with E-state index in [1.807, 2.05) is 18.2 Å². The van der Waals surface area contributed by atoms with Crippen LogP contribution in [0.4, 0.5) is 0 Å². The van der Waals surface area contributed by atoms with E-state index >= 15 is 0 Å². The van der Waals surface area contributed by atoms with Crippen LogP contribution in [0.25, 0.3) is 0 Å². The van der Waals surface area contributed by atoms with Crippen molar-refractivity contribution >= 4 is 15.9 Å². The van der Waals surface area contributed by atoms with E-state index in [4.69, 9.17) is 4.52 Å². The first-order chi connectivity index (χ1) is 8.22. The molecule has 0 aliphatic carbocycles. The first-order valence-electron chi connectivity index (χ1n) is 5.76. The third kappa shape index (κ3) is 2.75. The van der Waals surface area contributed by atoms with Gasteiger partial charge in [0, 0.05) is 0 Å². The number of benzene rings is 1. The normalized spacial score (nSPS) is 14.5. The van der Waals surface area contributed by atoms with Crippen LogP contribution in [0.2, 0.25) is 0 Å². The standard InChI is InChI=1S/C13H15BrN2O/c1-3-9(2)11(10-7-5-4-6-8-10)12-15-13(14)16-17-12/h4-9,11H,3H2,1-2H3. The molecule has 0 fully saturated rings. The summed E-state index contributed by atoms with van der Waals surface area (Å²) < 4.78 is 5.81. The van der Waals surface area contributed by atoms with Gasteiger partial charge in [-0.2, -0.15) is 4.98 Å². The molecule has 0 aliphatic heterocycles. The van der Waals surface area contributed by atoms with Crippen LogP contribution in [0.15, 0.2) is 39.6 Å². The van der Waals surface area contributed by atoms with Gasteiger partial charge in [0.2, 0.25) is 10.6 Å². The lowest BCUT2D eigenvalue weighted by Gasteiger charge is -2.19. The summed E-state index contributed by atoms with van der Waals surface area (Å²) in [6.45, 7) is 4.38. The van der Waals surface area contributed by atoms with Crippen molar-refractivity contribution in [1.82, 2.24) is 10.1 Å². The fourth-order valence-corrected chi connectivity index (χ4v) is 2.20. The summed E-state index contributed by atoms with van der Waals surface area (Å²) in [6.07, 6.45) is 1.07. The highest BCUT2D eigenvalue weighted by atomic mass is 79.9. The van der Waals surface area contributed by atoms with E-state index in [0.29, 0.717) is 16.5 Å². The topological polar surface area (TPSA) is 38.9 Å². The maximum Gasteiger partial charge on any atom is 0.238 e. The van der Waals surface area contributed by atoms with Crippen molar-refractivity contribution in [2.75, 3.05) is 0 Å². The molecule has 0 spiro atoms. The Kier molecular flexibility index (Phi) is 3.94. The highest BCUT2D eigenvalue weighted by Gasteiger charge is 2.25. The molecule has 2 unspecified atom stereocenters. The van der Waals surface area contributed by atoms with Crippen molar-refractivity contribution in [3.05, 3.63) is 46.5 Å². The second-order valence-electron chi connectivity index (χ2n) is 4.18. The zero-order valence-electron chi connectivity index (χ0n) is 9.93. The molecular weight excluding hydrogens is 280 g/mol. The van der Waals surface area contributed by atoms with E-state index in [1.165, 1.54) is 5.56 Å². The molecule has 0 amide bonds. The third-order valence-corrected chi connectivity index (χ3v) is 3.38. The second-order valence-corrected chi connectivity index (χ2v) is 4.88. The largest absolute Gasteiger partial charge is 0.338 e. The van der Waals surface area contributed by atoms with Crippen LogP contribution in [0.5, 0.6) is 0 Å². The first-order valence-corrected chi connectivity index (χ1v) is 6.55. The summed E-state index contributed by atoms with van der Waals surface area (Å²) in [5, 5.41) is 3.81. The molecule has 17 heavy (non-hydrogen) atoms. The Morgan fingerprint density at radius 2 is 2.00 bits per heavy atom. The molecule has 0 aliphatic rings. The molecule has 3 nitrogen and oxygen atoms in total. The highest BCUT2D eigenvalue weighted by molar-refractivity contribution is 9.10. The maximum atomic E-state index is 5.30. The highest BCUT2D eigenvalue weighted by Crippen LogP contribution is 2.32. The lowest BCUT2D eigenvalue weighted by Crippen LogP contribution is -2.11. The molecule has 4 heteroatoms. The van der Waals surface area contributed by atoms with Gasteiger partial charge in [-0.25, -0.2) is 0 Å². The van der Waals surface area contributed by atoms with Gasteiger partial charge in [-0.05, 0) is 32.6 Å². The van der Waals surface area contributed by atoms with Crippen LogP contribution < -0.4 is 0 Å². The summed E-state index contributed by atoms with van der Waals surface area (Å²) in [7, 11) is 0. The molecule has 1 aromatic carbocycles. The second kappa shape index (κ2) is 5.45. The minimum absolute atomic E-state index is 0.167. The van der Waals surface area contributed by atoms with Crippen LogP contribution in [0.1, 0.15) is 37.6 Å². The Morgan fingerprint density at radius 1 is 1.29 bits per heavy atom. The monoisotopic (exact) mass is 294 g/mol. The number of rotatable bonds is 4. The summed E-state index contributed by atoms with van der Waals surface area (Å²) in [4.78, 5) is 4.30. The van der Waals surface area contributed by atoms with Gasteiger partial charge in [0.15, 0.2) is 0 Å². The number of aromatic nitrogens is 2. The Morgan fingerprint density at radius 3 is 2.53 bits per heavy atom. The molecule has 0 N–H and O–H groups in total. The molecule has 0 bridgehead atoms. The van der Waals surface area contributed by atoms with Gasteiger partial charge < -0.3 is 4.52 Å². The van der Waals surface area contributed by atoms with Crippen LogP contribution in [-0.2, 0) is 0 Å². The van der Waals surface area contributed by atoms with Crippen LogP contribution in [0, 0.1) is 5.92 Å². The Bertz CT molecular complexity index is 469. The predicted molar refractivity (Wildman–Crippen MR) is 69.7 cm³/mol. The van der Waals surface area contributed by atoms with Gasteiger partial charge in [-0.3, -0.25) is 0 Å². The van der Waals surface area contributed by atoms with E-state index in [1.54, 1.807) is 0 Å². The Hall–Kier alpha value is -1.16. The van der Waals surface area contributed by atoms with Crippen molar-refractivity contribution in [2.24, 2.45) is 5.92 Å². The number of hydrogen-bond donors (Lipinski definition) is 0. The van der Waals surface area contributed by atoms with Gasteiger partial charge in [0.05, 0.1) is 5.92 Å². The predicted octanol–water partition coefficient (Wildman–Crippen LogP) is 4.01. The van der Waals surface area contributed by atoms with Crippen LogP contribution in [-0.4, -0.2) is 10.1 Å². The van der Waals surface area contributed by atoms with E-state index in [9.17, 15) is 0 Å². The van der Waals surface area contributed by atoms with Crippen molar-refractivity contribution in [3.63, 3.8) is 0 Å². The summed E-state index contributed by atoms with van der Waals surface area (Å²) >= 11 is 3.23. The molecule has 90 valence electrons. The fraction of sp³-hybridized carbons (Fsp3) is 0.385. The minimum atomic E-state index is 0.167. The summed E-state index contributed by atoms with van der Waals surface area (Å²) in [5.74, 6) is 1.31. The van der Waals surface area contributed by atoms with E-state index in [2.05, 4.69) is 52.1 Å². The number of halogens is 1. The SMILES string of the molecule is CCC(C)C(c1ccccc1)c1nc(Br)no1. The van der Waals surface area contributed by atoms with Crippen molar-refractivity contribution < 1.29 is 4.52 Å². The molecule has 0 radical (unpaired) electrons. The van der Waals surface area contributed by atoms with Gasteiger partial charge >= 0.3 is 0 Å². The van der Waals surface area contributed by atoms with Crippen LogP contribution in [0.3, 0.4) is 0 Å². The van der Waals surface area contributed by atoms with Gasteiger partial charge in [-0.1, -0.05) is 50.6 Å². The quantitative estimate of drug-likeness (QED) is 0.855. The lowest BCUT2D eigenvalue weighted by atomic mass is 9.85. The molecule has 2 atom stereocenters. The Labute approximate surface area is 109 Å². The molecule has 0 saturated heterocycles. The maximum absolute atomic E-state index is 5.30. The average molecular weight is 295 g/mol. The smallest absolute Gasteiger partial charge is 0.238 e. The molecule has 2 rings (SSSR count). The van der Waals surface area contributed by atoms with Crippen molar-refractivity contribution in [3.8, 4) is 0 Å². The summed E-state index contributed by atoms with van der Waals surface area (Å²) in [6, 6.07) is 10.3. The third-order valence-electron chi connectivity index (χ3n) is 3.05. The van der Waals surface area contributed by atoms with Crippen molar-refractivity contribution in [1.29, 1.82) is 0 Å². The van der Waals surface area contributed by atoms with Crippen LogP contribution >= 0.6 is 15.9 Å². The minimum Gasteiger partial charge on any atom is -0.338 e. The molecule has 1 heterocycles. The van der Waals surface area contributed by atoms with E-state index < -0.39 is 0 Å². The van der Waals surface area contributed by atoms with Gasteiger partial charge in [-0.15, -0.1) is 0 Å². The molecule has 2 aromatic rings. The zero-order chi connectivity index (χ0) is 12.3. The molecule has 0 saturated carbocycles. The molecular formula is C13H15BrN2O. The number of nitrogens with zero attached hydrogens (tertiary/aromatic N) is 2.